The summed E-state index contributed by atoms with van der Waals surface area (Å²) in [5, 5.41) is 7.55. The van der Waals surface area contributed by atoms with Crippen LogP contribution >= 0.6 is 57.5 Å². The third kappa shape index (κ3) is 18.6. The number of carbonyl (C=O) groups is 3. The van der Waals surface area contributed by atoms with Crippen LogP contribution < -0.4 is 33.9 Å². The summed E-state index contributed by atoms with van der Waals surface area (Å²) in [5.41, 5.74) is 27.8. The number of nitrogens with zero attached hydrogens (tertiary/aromatic N) is 9. The molecule has 3 amide bonds. The Morgan fingerprint density at radius 1 is 0.420 bits per heavy atom. The lowest BCUT2D eigenvalue weighted by atomic mass is 9.99. The van der Waals surface area contributed by atoms with Crippen LogP contribution in [0.25, 0.3) is 66.2 Å². The molecule has 15 rings (SSSR count). The summed E-state index contributed by atoms with van der Waals surface area (Å²) in [7, 11) is 0. The minimum atomic E-state index is -0.632. The van der Waals surface area contributed by atoms with Crippen LogP contribution in [0.2, 0.25) is 15.1 Å². The topological polar surface area (TPSA) is 283 Å². The van der Waals surface area contributed by atoms with Gasteiger partial charge in [-0.2, -0.15) is 0 Å². The predicted octanol–water partition coefficient (Wildman–Crippen LogP) is 19.1. The molecule has 0 spiro atoms. The van der Waals surface area contributed by atoms with E-state index in [4.69, 9.17) is 80.2 Å². The van der Waals surface area contributed by atoms with Gasteiger partial charge in [0.2, 0.25) is 16.7 Å². The average molecular weight is 1700 g/mol. The van der Waals surface area contributed by atoms with Crippen LogP contribution in [0.1, 0.15) is 158 Å². The van der Waals surface area contributed by atoms with Crippen molar-refractivity contribution in [1.82, 2.24) is 43.4 Å². The van der Waals surface area contributed by atoms with Crippen LogP contribution in [-0.2, 0) is 19.6 Å². The molecular weight excluding hydrogens is 1610 g/mol. The van der Waals surface area contributed by atoms with Crippen molar-refractivity contribution in [2.24, 2.45) is 35.0 Å². The minimum Gasteiger partial charge on any atom is -0.448 e. The van der Waals surface area contributed by atoms with Gasteiger partial charge in [0.15, 0.2) is 0 Å². The van der Waals surface area contributed by atoms with Crippen LogP contribution in [0, 0.1) is 58.2 Å². The highest BCUT2D eigenvalue weighted by atomic mass is 35.5. The molecule has 3 atom stereocenters. The zero-order valence-corrected chi connectivity index (χ0v) is 71.9. The molecule has 6 N–H and O–H groups in total. The molecule has 0 radical (unpaired) electrons. The van der Waals surface area contributed by atoms with Crippen molar-refractivity contribution in [1.29, 1.82) is 0 Å². The molecule has 616 valence electrons. The van der Waals surface area contributed by atoms with E-state index in [0.29, 0.717) is 143 Å². The van der Waals surface area contributed by atoms with Gasteiger partial charge in [0.05, 0.1) is 37.8 Å². The molecular formula is C92H94Cl3FN12O9S2. The fourth-order valence-corrected chi connectivity index (χ4v) is 17.4. The Morgan fingerprint density at radius 3 is 1.04 bits per heavy atom. The Morgan fingerprint density at radius 2 is 0.748 bits per heavy atom. The maximum absolute atomic E-state index is 14.1. The summed E-state index contributed by atoms with van der Waals surface area (Å²) < 4.78 is 36.9. The third-order valence-electron chi connectivity index (χ3n) is 20.8. The number of halogens is 4. The fraction of sp³-hybridized carbons (Fsp3) is 0.293. The van der Waals surface area contributed by atoms with Crippen LogP contribution in [0.5, 0.6) is 0 Å². The van der Waals surface area contributed by atoms with Crippen LogP contribution in [0.4, 0.5) is 4.39 Å². The zero-order chi connectivity index (χ0) is 84.9. The van der Waals surface area contributed by atoms with Gasteiger partial charge < -0.3 is 45.2 Å². The number of aromatic nitrogens is 6. The second-order valence-electron chi connectivity index (χ2n) is 31.0. The first-order valence-electron chi connectivity index (χ1n) is 39.5. The summed E-state index contributed by atoms with van der Waals surface area (Å²) in [6.07, 6.45) is 0.613. The molecule has 0 aliphatic heterocycles. The third-order valence-corrected chi connectivity index (χ3v) is 23.6. The first-order valence-corrected chi connectivity index (χ1v) is 42.4. The van der Waals surface area contributed by atoms with Crippen molar-refractivity contribution in [3.8, 4) is 0 Å². The number of carbonyl (C=O) groups excluding carboxylic acids is 3. The Balaban J connectivity index is 0.000000155. The molecule has 27 heteroatoms. The molecule has 21 nitrogen and oxygen atoms in total. The maximum Gasteiger partial charge on any atom is 0.297 e. The van der Waals surface area contributed by atoms with E-state index in [1.54, 1.807) is 120 Å². The number of rotatable bonds is 25. The SMILES string of the molecule is Cc1ccc(C(=O)N(CCCN)C(c2nc3c(oc4ccc(Cl)cc43)c(=O)n2Cc2cc(C)cs2)C(C)C)cc1.Cc1ccc(C(=O)N(CCN)C(c2nc3c(oc4ccc(Cl)cc43)c(=O)n2Cc2cc(C)cs2)C(C)C)cc1.Cc1ccc(C(=O)N(CCN)C(c2nc3c(oc4ccc(Cl)cc43)c(=O)n2Cc2cccc(F)c2)C(C)C)cc1. The van der Waals surface area contributed by atoms with Crippen LogP contribution in [0.15, 0.2) is 202 Å². The van der Waals surface area contributed by atoms with Crippen molar-refractivity contribution in [3.05, 3.63) is 304 Å². The molecule has 8 heterocycles. The Kier molecular flexibility index (Phi) is 26.8. The van der Waals surface area contributed by atoms with E-state index < -0.39 is 29.5 Å². The second kappa shape index (κ2) is 37.2. The number of hydrogen-bond donors (Lipinski definition) is 3. The van der Waals surface area contributed by atoms with E-state index in [1.807, 2.05) is 142 Å². The number of nitrogens with two attached hydrogens (primary N) is 3. The van der Waals surface area contributed by atoms with Gasteiger partial charge in [0.1, 0.15) is 56.6 Å². The first-order chi connectivity index (χ1) is 57.0. The largest absolute Gasteiger partial charge is 0.448 e. The van der Waals surface area contributed by atoms with Gasteiger partial charge in [0, 0.05) is 90.4 Å². The van der Waals surface area contributed by atoms with Gasteiger partial charge in [-0.3, -0.25) is 42.5 Å². The Bertz CT molecular complexity index is 6440. The van der Waals surface area contributed by atoms with Gasteiger partial charge in [-0.1, -0.05) is 142 Å². The van der Waals surface area contributed by atoms with Gasteiger partial charge in [-0.05, 0) is 208 Å². The second-order valence-corrected chi connectivity index (χ2v) is 34.3. The summed E-state index contributed by atoms with van der Waals surface area (Å²) >= 11 is 22.1. The summed E-state index contributed by atoms with van der Waals surface area (Å²) in [6, 6.07) is 46.4. The molecule has 7 aromatic carbocycles. The molecule has 119 heavy (non-hydrogen) atoms. The smallest absolute Gasteiger partial charge is 0.297 e. The number of fused-ring (bicyclic) bond motifs is 9. The van der Waals surface area contributed by atoms with Crippen molar-refractivity contribution in [2.75, 3.05) is 39.3 Å². The Labute approximate surface area is 710 Å². The molecule has 15 aromatic rings. The van der Waals surface area contributed by atoms with E-state index in [1.165, 1.54) is 16.7 Å². The number of aryl methyl sites for hydroxylation is 5. The minimum absolute atomic E-state index is 0.0328. The molecule has 0 bridgehead atoms. The van der Waals surface area contributed by atoms with E-state index in [-0.39, 0.29) is 89.5 Å². The molecule has 3 unspecified atom stereocenters. The monoisotopic (exact) mass is 1700 g/mol. The van der Waals surface area contributed by atoms with Gasteiger partial charge in [-0.15, -0.1) is 22.7 Å². The maximum atomic E-state index is 14.1. The quantitative estimate of drug-likeness (QED) is 0.0479. The van der Waals surface area contributed by atoms with E-state index >= 15 is 0 Å². The highest BCUT2D eigenvalue weighted by molar-refractivity contribution is 7.10. The fourth-order valence-electron chi connectivity index (χ4n) is 15.2. The number of benzene rings is 7. The van der Waals surface area contributed by atoms with E-state index in [0.717, 1.165) is 37.6 Å². The number of furan rings is 3. The molecule has 0 fully saturated rings. The standard InChI is InChI=1S/C31H30ClFN4O3.C31H33ClN4O3S.C30H31ClN4O3S/c1-18(2)27(36(14-13-34)30(38)21-9-7-19(3)8-10-21)29-35-26-24-16-22(32)11-12-25(24)40-28(26)31(39)37(29)17-20-5-4-6-23(33)15-20;1-18(2)27(35(13-5-12-33)30(37)21-8-6-19(3)7-9-21)29-34-26-24-15-22(32)10-11-25(24)39-28(26)31(38)36(29)16-23-14-20(4)17-40-23;1-17(2)26(34(12-11-32)29(36)20-7-5-18(3)6-8-20)28-33-25-23-14-21(31)9-10-24(23)38-27(25)30(37)35(28)15-22-13-19(4)16-39-22/h4-12,15-16,18,27H,13-14,17,34H2,1-3H3;6-11,14-15,17-18,27H,5,12-13,16,33H2,1-4H3;5-10,13-14,16-17,26H,11-12,15,32H2,1-4H3. The number of thiophene rings is 2. The van der Waals surface area contributed by atoms with E-state index in [2.05, 4.69) is 22.9 Å². The van der Waals surface area contributed by atoms with Gasteiger partial charge in [-0.25, -0.2) is 19.3 Å². The lowest BCUT2D eigenvalue weighted by Gasteiger charge is -2.35. The van der Waals surface area contributed by atoms with Crippen molar-refractivity contribution in [3.63, 3.8) is 0 Å². The number of amides is 3. The molecule has 8 aromatic heterocycles. The molecule has 0 aliphatic carbocycles. The lowest BCUT2D eigenvalue weighted by Crippen LogP contribution is -2.43. The van der Waals surface area contributed by atoms with Gasteiger partial charge in [0.25, 0.3) is 34.4 Å². The van der Waals surface area contributed by atoms with Crippen LogP contribution in [-0.4, -0.2) is 100 Å². The lowest BCUT2D eigenvalue weighted by molar-refractivity contribution is 0.0599. The van der Waals surface area contributed by atoms with Crippen LogP contribution in [0.3, 0.4) is 0 Å². The molecule has 0 aliphatic rings. The van der Waals surface area contributed by atoms with E-state index in [9.17, 15) is 33.2 Å². The summed E-state index contributed by atoms with van der Waals surface area (Å²) in [6.45, 7) is 24.6. The average Bonchev–Trinajstić information content (AvgIpc) is 1.64. The summed E-state index contributed by atoms with van der Waals surface area (Å²) in [5.74, 6) is 0.133. The predicted molar refractivity (Wildman–Crippen MR) is 475 cm³/mol. The Hall–Kier alpha value is -10.9. The zero-order valence-electron chi connectivity index (χ0n) is 68.0. The highest BCUT2D eigenvalue weighted by Gasteiger charge is 2.38. The normalized spacial score (nSPS) is 12.4. The number of hydrogen-bond acceptors (Lipinski definition) is 17. The molecule has 0 saturated heterocycles. The van der Waals surface area contributed by atoms with Gasteiger partial charge >= 0.3 is 0 Å². The highest BCUT2D eigenvalue weighted by Crippen LogP contribution is 2.39. The van der Waals surface area contributed by atoms with Crippen molar-refractivity contribution in [2.45, 2.75) is 120 Å². The molecule has 0 saturated carbocycles. The van der Waals surface area contributed by atoms with Crippen molar-refractivity contribution >= 4 is 141 Å². The summed E-state index contributed by atoms with van der Waals surface area (Å²) in [4.78, 5) is 107. The first kappa shape index (κ1) is 85.9. The van der Waals surface area contributed by atoms with Crippen molar-refractivity contribution < 1.29 is 32.0 Å².